The van der Waals surface area contributed by atoms with E-state index in [1.807, 2.05) is 18.2 Å². The molecule has 18 heavy (non-hydrogen) atoms. The highest BCUT2D eigenvalue weighted by molar-refractivity contribution is 6.84. The Kier molecular flexibility index (Phi) is 3.79. The van der Waals surface area contributed by atoms with Crippen molar-refractivity contribution >= 4 is 25.3 Å². The fourth-order valence-electron chi connectivity index (χ4n) is 1.73. The van der Waals surface area contributed by atoms with Crippen LogP contribution in [-0.2, 0) is 0 Å². The first-order chi connectivity index (χ1) is 8.66. The van der Waals surface area contributed by atoms with Gasteiger partial charge in [-0.3, -0.25) is 4.66 Å². The molecule has 91 valence electrons. The van der Waals surface area contributed by atoms with E-state index in [1.165, 1.54) is 15.9 Å². The molecule has 0 unspecified atom stereocenters. The zero-order chi connectivity index (χ0) is 13.0. The van der Waals surface area contributed by atoms with E-state index < -0.39 is 8.96 Å². The van der Waals surface area contributed by atoms with Gasteiger partial charge in [-0.15, -0.1) is 0 Å². The molecule has 0 heterocycles. The van der Waals surface area contributed by atoms with Crippen LogP contribution in [0.3, 0.4) is 0 Å². The first-order valence-electron chi connectivity index (χ1n) is 5.76. The lowest BCUT2D eigenvalue weighted by Gasteiger charge is -2.11. The molecule has 0 atom stereocenters. The molecule has 0 aliphatic rings. The minimum absolute atomic E-state index is 0.147. The van der Waals surface area contributed by atoms with E-state index in [-0.39, 0.29) is 5.96 Å². The van der Waals surface area contributed by atoms with E-state index >= 15 is 0 Å². The average molecular weight is 254 g/mol. The van der Waals surface area contributed by atoms with Crippen LogP contribution >= 0.6 is 0 Å². The third kappa shape index (κ3) is 2.98. The molecular formula is C14H16N3Si. The number of guanidine groups is 1. The molecule has 4 heteroatoms. The van der Waals surface area contributed by atoms with Gasteiger partial charge in [-0.2, -0.15) is 0 Å². The Morgan fingerprint density at radius 3 is 2.00 bits per heavy atom. The molecule has 1 radical (unpaired) electrons. The van der Waals surface area contributed by atoms with Crippen molar-refractivity contribution in [3.8, 4) is 0 Å². The Labute approximate surface area is 109 Å². The van der Waals surface area contributed by atoms with Crippen molar-refractivity contribution in [1.29, 1.82) is 0 Å². The minimum atomic E-state index is -1.28. The first kappa shape index (κ1) is 12.4. The molecule has 0 amide bonds. The van der Waals surface area contributed by atoms with E-state index in [0.717, 1.165) is 0 Å². The quantitative estimate of drug-likeness (QED) is 0.472. The van der Waals surface area contributed by atoms with E-state index in [2.05, 4.69) is 48.0 Å². The van der Waals surface area contributed by atoms with Gasteiger partial charge in [0.2, 0.25) is 0 Å². The van der Waals surface area contributed by atoms with E-state index in [0.29, 0.717) is 0 Å². The minimum Gasteiger partial charge on any atom is -0.371 e. The number of hydrogen-bond donors (Lipinski definition) is 2. The number of nitrogens with two attached hydrogens (primary N) is 2. The average Bonchev–Trinajstić information content (AvgIpc) is 2.38. The number of aryl methyl sites for hydroxylation is 1. The first-order valence-corrected chi connectivity index (χ1v) is 7.20. The predicted octanol–water partition coefficient (Wildman–Crippen LogP) is 0.374. The van der Waals surface area contributed by atoms with Crippen LogP contribution in [0.5, 0.6) is 0 Å². The van der Waals surface area contributed by atoms with Crippen molar-refractivity contribution in [3.05, 3.63) is 60.2 Å². The maximum Gasteiger partial charge on any atom is 0.270 e. The van der Waals surface area contributed by atoms with Crippen molar-refractivity contribution in [2.24, 2.45) is 16.1 Å². The van der Waals surface area contributed by atoms with Crippen molar-refractivity contribution in [2.75, 3.05) is 0 Å². The summed E-state index contributed by atoms with van der Waals surface area (Å²) in [7, 11) is -1.28. The molecule has 3 nitrogen and oxygen atoms in total. The molecule has 2 rings (SSSR count). The normalized spacial score (nSPS) is 10.3. The summed E-state index contributed by atoms with van der Waals surface area (Å²) >= 11 is 0. The Morgan fingerprint density at radius 1 is 0.889 bits per heavy atom. The topological polar surface area (TPSA) is 64.4 Å². The lowest BCUT2D eigenvalue weighted by atomic mass is 10.2. The summed E-state index contributed by atoms with van der Waals surface area (Å²) in [5.41, 5.74) is 12.3. The van der Waals surface area contributed by atoms with Crippen LogP contribution in [0.1, 0.15) is 5.56 Å². The summed E-state index contributed by atoms with van der Waals surface area (Å²) < 4.78 is 4.42. The highest BCUT2D eigenvalue weighted by Crippen LogP contribution is 1.97. The number of rotatable bonds is 3. The maximum atomic E-state index is 5.55. The van der Waals surface area contributed by atoms with Crippen molar-refractivity contribution in [3.63, 3.8) is 0 Å². The SMILES string of the molecule is Cc1ccc([Si](N=C(N)N)c2ccccc2)cc1. The van der Waals surface area contributed by atoms with Gasteiger partial charge in [-0.05, 0) is 17.3 Å². The summed E-state index contributed by atoms with van der Waals surface area (Å²) in [5, 5.41) is 2.37. The molecule has 0 bridgehead atoms. The summed E-state index contributed by atoms with van der Waals surface area (Å²) in [6.07, 6.45) is 0. The predicted molar refractivity (Wildman–Crippen MR) is 78.5 cm³/mol. The van der Waals surface area contributed by atoms with Gasteiger partial charge in [0.1, 0.15) is 0 Å². The molecule has 0 saturated carbocycles. The number of benzene rings is 2. The molecule has 0 aliphatic carbocycles. The lowest BCUT2D eigenvalue weighted by Crippen LogP contribution is -2.43. The van der Waals surface area contributed by atoms with Crippen LogP contribution < -0.4 is 21.8 Å². The molecule has 4 N–H and O–H groups in total. The maximum absolute atomic E-state index is 5.55. The van der Waals surface area contributed by atoms with Gasteiger partial charge >= 0.3 is 0 Å². The van der Waals surface area contributed by atoms with Crippen LogP contribution in [0.4, 0.5) is 0 Å². The second-order valence-corrected chi connectivity index (χ2v) is 6.19. The molecule has 0 aliphatic heterocycles. The number of nitrogens with zero attached hydrogens (tertiary/aromatic N) is 1. The van der Waals surface area contributed by atoms with Crippen molar-refractivity contribution < 1.29 is 0 Å². The third-order valence-corrected chi connectivity index (χ3v) is 4.86. The van der Waals surface area contributed by atoms with Crippen LogP contribution in [0.25, 0.3) is 0 Å². The van der Waals surface area contributed by atoms with Gasteiger partial charge in [-0.25, -0.2) is 0 Å². The van der Waals surface area contributed by atoms with Gasteiger partial charge in [-0.1, -0.05) is 60.2 Å². The molecule has 2 aromatic carbocycles. The fourth-order valence-corrected chi connectivity index (χ4v) is 3.57. The summed E-state index contributed by atoms with van der Waals surface area (Å²) in [4.78, 5) is 0. The van der Waals surface area contributed by atoms with Crippen LogP contribution in [0.15, 0.2) is 59.3 Å². The molecule has 0 aromatic heterocycles. The van der Waals surface area contributed by atoms with Gasteiger partial charge < -0.3 is 11.5 Å². The standard InChI is InChI=1S/C14H16N3Si/c1-11-7-9-13(10-8-11)18(17-14(15)16)12-5-3-2-4-6-12/h2-10H,1H3,(H4,15,16,17). The fraction of sp³-hybridized carbons (Fsp3) is 0.0714. The molecule has 0 saturated heterocycles. The lowest BCUT2D eigenvalue weighted by molar-refractivity contribution is 1.48. The van der Waals surface area contributed by atoms with Gasteiger partial charge in [0.25, 0.3) is 8.96 Å². The molecular weight excluding hydrogens is 238 g/mol. The molecule has 0 fully saturated rings. The Hall–Kier alpha value is -2.07. The van der Waals surface area contributed by atoms with E-state index in [4.69, 9.17) is 11.5 Å². The van der Waals surface area contributed by atoms with Gasteiger partial charge in [0.05, 0.1) is 0 Å². The Balaban J connectivity index is 2.43. The second kappa shape index (κ2) is 5.51. The van der Waals surface area contributed by atoms with Crippen LogP contribution in [0.2, 0.25) is 0 Å². The van der Waals surface area contributed by atoms with Crippen molar-refractivity contribution in [2.45, 2.75) is 6.92 Å². The zero-order valence-electron chi connectivity index (χ0n) is 10.3. The zero-order valence-corrected chi connectivity index (χ0v) is 11.3. The largest absolute Gasteiger partial charge is 0.371 e. The van der Waals surface area contributed by atoms with E-state index in [1.54, 1.807) is 0 Å². The van der Waals surface area contributed by atoms with E-state index in [9.17, 15) is 0 Å². The van der Waals surface area contributed by atoms with Crippen molar-refractivity contribution in [1.82, 2.24) is 0 Å². The van der Waals surface area contributed by atoms with Gasteiger partial charge in [0, 0.05) is 0 Å². The van der Waals surface area contributed by atoms with Gasteiger partial charge in [0.15, 0.2) is 5.96 Å². The third-order valence-electron chi connectivity index (χ3n) is 2.61. The highest BCUT2D eigenvalue weighted by atomic mass is 28.3. The smallest absolute Gasteiger partial charge is 0.270 e. The highest BCUT2D eigenvalue weighted by Gasteiger charge is 2.16. The van der Waals surface area contributed by atoms with Crippen LogP contribution in [0, 0.1) is 6.92 Å². The summed E-state index contributed by atoms with van der Waals surface area (Å²) in [6.45, 7) is 2.07. The molecule has 2 aromatic rings. The number of hydrogen-bond acceptors (Lipinski definition) is 1. The Bertz CT molecular complexity index is 531. The second-order valence-electron chi connectivity index (χ2n) is 4.12. The Morgan fingerprint density at radius 2 is 1.44 bits per heavy atom. The summed E-state index contributed by atoms with van der Waals surface area (Å²) in [6, 6.07) is 18.5. The monoisotopic (exact) mass is 254 g/mol. The van der Waals surface area contributed by atoms with Crippen LogP contribution in [-0.4, -0.2) is 14.9 Å². The molecule has 0 spiro atoms. The summed E-state index contributed by atoms with van der Waals surface area (Å²) in [5.74, 6) is 0.147.